The fourth-order valence-electron chi connectivity index (χ4n) is 4.91. The van der Waals surface area contributed by atoms with E-state index in [1.54, 1.807) is 36.1 Å². The average Bonchev–Trinajstić information content (AvgIpc) is 3.14. The lowest BCUT2D eigenvalue weighted by molar-refractivity contribution is -0.163. The molecule has 2 N–H and O–H groups in total. The highest BCUT2D eigenvalue weighted by atomic mass is 16.5. The number of carbonyl (C=O) groups excluding carboxylic acids is 2. The van der Waals surface area contributed by atoms with E-state index in [2.05, 4.69) is 29.6 Å². The number of aliphatic carboxylic acids is 1. The summed E-state index contributed by atoms with van der Waals surface area (Å²) in [5.41, 5.74) is 5.02. The molecule has 1 aliphatic carbocycles. The van der Waals surface area contributed by atoms with Gasteiger partial charge in [-0.2, -0.15) is 0 Å². The number of anilines is 1. The van der Waals surface area contributed by atoms with Gasteiger partial charge in [-0.05, 0) is 46.9 Å². The van der Waals surface area contributed by atoms with E-state index in [0.29, 0.717) is 5.69 Å². The van der Waals surface area contributed by atoms with Crippen LogP contribution in [0.2, 0.25) is 0 Å². The summed E-state index contributed by atoms with van der Waals surface area (Å²) in [5.74, 6) is -1.05. The molecule has 178 valence electrons. The van der Waals surface area contributed by atoms with Gasteiger partial charge in [0, 0.05) is 24.7 Å². The number of fused-ring (bicyclic) bond motifs is 3. The molecule has 35 heavy (non-hydrogen) atoms. The number of carboxylic acids is 1. The SMILES string of the molecule is CC1(C(=O)O)CN(C(=O)Cc2cccc(NC(=O)OCC3c4ccccc4-c4ccccc43)c2)C1. The summed E-state index contributed by atoms with van der Waals surface area (Å²) in [6.45, 7) is 2.27. The van der Waals surface area contributed by atoms with E-state index in [9.17, 15) is 19.5 Å². The third-order valence-electron chi connectivity index (χ3n) is 6.82. The summed E-state index contributed by atoms with van der Waals surface area (Å²) in [6, 6.07) is 23.3. The monoisotopic (exact) mass is 470 g/mol. The number of nitrogens with zero attached hydrogens (tertiary/aromatic N) is 1. The Morgan fingerprint density at radius 3 is 2.23 bits per heavy atom. The Hall–Kier alpha value is -4.13. The van der Waals surface area contributed by atoms with E-state index >= 15 is 0 Å². The first kappa shape index (κ1) is 22.7. The quantitative estimate of drug-likeness (QED) is 0.552. The van der Waals surface area contributed by atoms with Crippen LogP contribution in [0.25, 0.3) is 11.1 Å². The molecule has 0 bridgehead atoms. The molecule has 2 amide bonds. The Labute approximate surface area is 203 Å². The van der Waals surface area contributed by atoms with Crippen molar-refractivity contribution in [3.63, 3.8) is 0 Å². The molecule has 0 unspecified atom stereocenters. The molecule has 7 heteroatoms. The second-order valence-electron chi connectivity index (χ2n) is 9.44. The van der Waals surface area contributed by atoms with Gasteiger partial charge in [-0.1, -0.05) is 60.7 Å². The summed E-state index contributed by atoms with van der Waals surface area (Å²) in [4.78, 5) is 37.9. The number of likely N-dealkylation sites (tertiary alicyclic amines) is 1. The zero-order valence-corrected chi connectivity index (χ0v) is 19.4. The zero-order valence-electron chi connectivity index (χ0n) is 19.4. The van der Waals surface area contributed by atoms with Crippen molar-refractivity contribution in [3.8, 4) is 11.1 Å². The first-order valence-electron chi connectivity index (χ1n) is 11.6. The van der Waals surface area contributed by atoms with Gasteiger partial charge in [0.2, 0.25) is 5.91 Å². The number of ether oxygens (including phenoxy) is 1. The lowest BCUT2D eigenvalue weighted by atomic mass is 9.82. The van der Waals surface area contributed by atoms with Crippen LogP contribution in [0.1, 0.15) is 29.5 Å². The highest BCUT2D eigenvalue weighted by Crippen LogP contribution is 2.44. The molecular weight excluding hydrogens is 444 g/mol. The van der Waals surface area contributed by atoms with E-state index in [1.807, 2.05) is 24.3 Å². The molecule has 5 rings (SSSR count). The van der Waals surface area contributed by atoms with E-state index in [4.69, 9.17) is 4.74 Å². The molecule has 3 aromatic rings. The number of amides is 2. The van der Waals surface area contributed by atoms with Crippen LogP contribution in [0.4, 0.5) is 10.5 Å². The maximum atomic E-state index is 12.6. The summed E-state index contributed by atoms with van der Waals surface area (Å²) in [6.07, 6.45) is -0.425. The molecule has 0 radical (unpaired) electrons. The highest BCUT2D eigenvalue weighted by Gasteiger charge is 2.47. The third kappa shape index (κ3) is 4.37. The summed E-state index contributed by atoms with van der Waals surface area (Å²) in [7, 11) is 0. The van der Waals surface area contributed by atoms with Crippen molar-refractivity contribution in [2.75, 3.05) is 25.0 Å². The van der Waals surface area contributed by atoms with Gasteiger partial charge in [-0.3, -0.25) is 14.9 Å². The fourth-order valence-corrected chi connectivity index (χ4v) is 4.91. The lowest BCUT2D eigenvalue weighted by Gasteiger charge is -2.44. The van der Waals surface area contributed by atoms with Gasteiger partial charge < -0.3 is 14.7 Å². The predicted molar refractivity (Wildman–Crippen MR) is 131 cm³/mol. The Morgan fingerprint density at radius 2 is 1.60 bits per heavy atom. The van der Waals surface area contributed by atoms with E-state index in [-0.39, 0.29) is 37.9 Å². The molecule has 0 saturated carbocycles. The van der Waals surface area contributed by atoms with E-state index < -0.39 is 17.5 Å². The van der Waals surface area contributed by atoms with E-state index in [0.717, 1.165) is 16.7 Å². The van der Waals surface area contributed by atoms with Crippen LogP contribution in [0.3, 0.4) is 0 Å². The molecule has 0 atom stereocenters. The molecule has 3 aromatic carbocycles. The van der Waals surface area contributed by atoms with Crippen molar-refractivity contribution < 1.29 is 24.2 Å². The van der Waals surface area contributed by atoms with Crippen molar-refractivity contribution in [2.45, 2.75) is 19.3 Å². The van der Waals surface area contributed by atoms with Crippen molar-refractivity contribution >= 4 is 23.7 Å². The van der Waals surface area contributed by atoms with Gasteiger partial charge in [0.15, 0.2) is 0 Å². The Morgan fingerprint density at radius 1 is 0.971 bits per heavy atom. The number of hydrogen-bond acceptors (Lipinski definition) is 4. The molecule has 7 nitrogen and oxygen atoms in total. The smallest absolute Gasteiger partial charge is 0.411 e. The largest absolute Gasteiger partial charge is 0.481 e. The molecule has 1 heterocycles. The molecule has 1 aliphatic heterocycles. The van der Waals surface area contributed by atoms with E-state index in [1.165, 1.54) is 11.1 Å². The van der Waals surface area contributed by atoms with Gasteiger partial charge >= 0.3 is 12.1 Å². The van der Waals surface area contributed by atoms with Crippen LogP contribution in [-0.4, -0.2) is 47.7 Å². The molecule has 2 aliphatic rings. The Balaban J connectivity index is 1.18. The maximum Gasteiger partial charge on any atom is 0.411 e. The molecule has 0 aromatic heterocycles. The second kappa shape index (κ2) is 8.91. The van der Waals surface area contributed by atoms with Crippen LogP contribution in [0.15, 0.2) is 72.8 Å². The topological polar surface area (TPSA) is 95.9 Å². The molecule has 0 spiro atoms. The Kier molecular flexibility index (Phi) is 5.76. The number of benzene rings is 3. The summed E-state index contributed by atoms with van der Waals surface area (Å²) in [5, 5.41) is 12.0. The minimum absolute atomic E-state index is 0.0230. The Bertz CT molecular complexity index is 1270. The number of rotatable bonds is 6. The van der Waals surface area contributed by atoms with Crippen LogP contribution < -0.4 is 5.32 Å². The summed E-state index contributed by atoms with van der Waals surface area (Å²) < 4.78 is 5.59. The first-order valence-corrected chi connectivity index (χ1v) is 11.6. The highest BCUT2D eigenvalue weighted by molar-refractivity contribution is 5.87. The average molecular weight is 471 g/mol. The maximum absolute atomic E-state index is 12.6. The number of carboxylic acid groups (broad SMARTS) is 1. The number of nitrogens with one attached hydrogen (secondary N) is 1. The molecule has 1 fully saturated rings. The number of hydrogen-bond donors (Lipinski definition) is 2. The van der Waals surface area contributed by atoms with Gasteiger partial charge in [0.05, 0.1) is 11.8 Å². The molecular formula is C28H26N2O5. The second-order valence-corrected chi connectivity index (χ2v) is 9.44. The van der Waals surface area contributed by atoms with Gasteiger partial charge in [-0.25, -0.2) is 4.79 Å². The lowest BCUT2D eigenvalue weighted by Crippen LogP contribution is -2.60. The zero-order chi connectivity index (χ0) is 24.6. The van der Waals surface area contributed by atoms with Crippen molar-refractivity contribution in [1.82, 2.24) is 4.90 Å². The first-order chi connectivity index (χ1) is 16.8. The standard InChI is InChI=1S/C28H26N2O5/c1-28(26(32)33)16-30(17-28)25(31)14-18-7-6-8-19(13-18)29-27(34)35-15-24-22-11-4-2-9-20(22)21-10-3-5-12-23(21)24/h2-13,24H,14-17H2,1H3,(H,29,34)(H,32,33). The van der Waals surface area contributed by atoms with Crippen molar-refractivity contribution in [1.29, 1.82) is 0 Å². The predicted octanol–water partition coefficient (Wildman–Crippen LogP) is 4.52. The van der Waals surface area contributed by atoms with Crippen LogP contribution in [-0.2, 0) is 20.7 Å². The van der Waals surface area contributed by atoms with Crippen LogP contribution in [0.5, 0.6) is 0 Å². The molecule has 1 saturated heterocycles. The van der Waals surface area contributed by atoms with Crippen LogP contribution >= 0.6 is 0 Å². The van der Waals surface area contributed by atoms with Crippen molar-refractivity contribution in [2.24, 2.45) is 5.41 Å². The minimum atomic E-state index is -0.893. The summed E-state index contributed by atoms with van der Waals surface area (Å²) >= 11 is 0. The normalized spacial score (nSPS) is 15.5. The van der Waals surface area contributed by atoms with Crippen molar-refractivity contribution in [3.05, 3.63) is 89.5 Å². The van der Waals surface area contributed by atoms with Gasteiger partial charge in [0.25, 0.3) is 0 Å². The fraction of sp³-hybridized carbons (Fsp3) is 0.250. The third-order valence-corrected chi connectivity index (χ3v) is 6.82. The van der Waals surface area contributed by atoms with Gasteiger partial charge in [0.1, 0.15) is 6.61 Å². The number of carbonyl (C=O) groups is 3. The van der Waals surface area contributed by atoms with Crippen LogP contribution in [0, 0.1) is 5.41 Å². The minimum Gasteiger partial charge on any atom is -0.481 e. The van der Waals surface area contributed by atoms with Gasteiger partial charge in [-0.15, -0.1) is 0 Å².